The Morgan fingerprint density at radius 2 is 1.87 bits per heavy atom. The zero-order valence-electron chi connectivity index (χ0n) is 19.7. The minimum atomic E-state index is 0.0497. The van der Waals surface area contributed by atoms with E-state index in [1.54, 1.807) is 6.20 Å². The fourth-order valence-electron chi connectivity index (χ4n) is 5.00. The summed E-state index contributed by atoms with van der Waals surface area (Å²) in [7, 11) is 0. The van der Waals surface area contributed by atoms with E-state index >= 15 is 0 Å². The Hall–Kier alpha value is -2.03. The van der Waals surface area contributed by atoms with Crippen molar-refractivity contribution in [2.75, 3.05) is 13.1 Å². The van der Waals surface area contributed by atoms with E-state index in [1.165, 1.54) is 35.1 Å². The smallest absolute Gasteiger partial charge is 0.247 e. The topological polar surface area (TPSA) is 41.1 Å². The fraction of sp³-hybridized carbons (Fsp3) is 0.593. The number of aryl methyl sites for hydroxylation is 2. The van der Waals surface area contributed by atoms with Gasteiger partial charge in [0.25, 0.3) is 0 Å². The molecule has 2 rings (SSSR count). The van der Waals surface area contributed by atoms with Crippen LogP contribution < -0.4 is 10.6 Å². The van der Waals surface area contributed by atoms with Gasteiger partial charge in [-0.3, -0.25) is 4.79 Å². The van der Waals surface area contributed by atoms with E-state index in [9.17, 15) is 4.79 Å². The second kappa shape index (κ2) is 12.0. The van der Waals surface area contributed by atoms with Crippen LogP contribution >= 0.6 is 0 Å². The lowest BCUT2D eigenvalue weighted by atomic mass is 9.71. The molecule has 0 saturated heterocycles. The molecular weight excluding hydrogens is 368 g/mol. The molecule has 166 valence electrons. The molecule has 1 unspecified atom stereocenters. The molecule has 0 bridgehead atoms. The van der Waals surface area contributed by atoms with Crippen molar-refractivity contribution in [2.45, 2.75) is 90.9 Å². The molecule has 1 aliphatic rings. The molecule has 1 atom stereocenters. The maximum absolute atomic E-state index is 12.8. The minimum absolute atomic E-state index is 0.0497. The van der Waals surface area contributed by atoms with E-state index < -0.39 is 0 Å². The first-order valence-corrected chi connectivity index (χ1v) is 11.9. The van der Waals surface area contributed by atoms with Crippen LogP contribution in [0.1, 0.15) is 88.8 Å². The summed E-state index contributed by atoms with van der Waals surface area (Å²) in [5, 5.41) is 6.53. The van der Waals surface area contributed by atoms with Gasteiger partial charge in [-0.2, -0.15) is 0 Å². The summed E-state index contributed by atoms with van der Waals surface area (Å²) in [6.45, 7) is 14.3. The van der Waals surface area contributed by atoms with Crippen molar-refractivity contribution in [1.82, 2.24) is 10.6 Å². The maximum atomic E-state index is 12.8. The van der Waals surface area contributed by atoms with Gasteiger partial charge in [0, 0.05) is 18.7 Å². The first-order valence-electron chi connectivity index (χ1n) is 11.9. The van der Waals surface area contributed by atoms with Crippen LogP contribution in [-0.2, 0) is 16.6 Å². The molecule has 3 nitrogen and oxygen atoms in total. The van der Waals surface area contributed by atoms with E-state index in [1.807, 2.05) is 0 Å². The van der Waals surface area contributed by atoms with Crippen molar-refractivity contribution in [3.63, 3.8) is 0 Å². The first-order chi connectivity index (χ1) is 14.5. The quantitative estimate of drug-likeness (QED) is 0.408. The zero-order chi connectivity index (χ0) is 22.0. The van der Waals surface area contributed by atoms with Crippen LogP contribution in [0.25, 0.3) is 0 Å². The molecule has 2 N–H and O–H groups in total. The number of allylic oxidation sites excluding steroid dienone is 1. The van der Waals surface area contributed by atoms with Gasteiger partial charge in [0.2, 0.25) is 5.91 Å². The summed E-state index contributed by atoms with van der Waals surface area (Å²) in [6, 6.07) is 7.00. The van der Waals surface area contributed by atoms with Crippen LogP contribution in [0.5, 0.6) is 0 Å². The van der Waals surface area contributed by atoms with Gasteiger partial charge in [-0.25, -0.2) is 0 Å². The second-order valence-corrected chi connectivity index (χ2v) is 8.91. The summed E-state index contributed by atoms with van der Waals surface area (Å²) in [4.78, 5) is 12.8. The summed E-state index contributed by atoms with van der Waals surface area (Å²) < 4.78 is 0. The molecule has 3 heteroatoms. The average Bonchev–Trinajstić information content (AvgIpc) is 2.73. The third-order valence-corrected chi connectivity index (χ3v) is 6.88. The number of carbonyl (C=O) groups is 1. The van der Waals surface area contributed by atoms with E-state index in [0.717, 1.165) is 57.1 Å². The summed E-state index contributed by atoms with van der Waals surface area (Å²) >= 11 is 0. The van der Waals surface area contributed by atoms with Crippen molar-refractivity contribution < 1.29 is 4.79 Å². The minimum Gasteiger partial charge on any atom is -0.391 e. The Morgan fingerprint density at radius 3 is 2.50 bits per heavy atom. The predicted octanol–water partition coefficient (Wildman–Crippen LogP) is 6.12. The van der Waals surface area contributed by atoms with Gasteiger partial charge in [-0.1, -0.05) is 50.6 Å². The van der Waals surface area contributed by atoms with Gasteiger partial charge >= 0.3 is 0 Å². The lowest BCUT2D eigenvalue weighted by molar-refractivity contribution is -0.117. The Balaban J connectivity index is 2.17. The average molecular weight is 411 g/mol. The Labute approximate surface area is 184 Å². The highest BCUT2D eigenvalue weighted by Crippen LogP contribution is 2.37. The Morgan fingerprint density at radius 1 is 1.13 bits per heavy atom. The molecule has 0 heterocycles. The first kappa shape index (κ1) is 24.2. The number of nitrogens with one attached hydrogen (secondary N) is 2. The van der Waals surface area contributed by atoms with Gasteiger partial charge in [-0.15, -0.1) is 0 Å². The van der Waals surface area contributed by atoms with E-state index in [2.05, 4.69) is 63.1 Å². The fourth-order valence-corrected chi connectivity index (χ4v) is 5.00. The number of benzene rings is 1. The van der Waals surface area contributed by atoms with E-state index in [-0.39, 0.29) is 11.3 Å². The number of amides is 1. The van der Waals surface area contributed by atoms with E-state index in [0.29, 0.717) is 6.54 Å². The van der Waals surface area contributed by atoms with Gasteiger partial charge in [0.05, 0.1) is 0 Å². The van der Waals surface area contributed by atoms with Gasteiger partial charge < -0.3 is 10.6 Å². The molecule has 0 spiro atoms. The van der Waals surface area contributed by atoms with Crippen molar-refractivity contribution in [3.05, 3.63) is 58.8 Å². The van der Waals surface area contributed by atoms with Crippen LogP contribution in [-0.4, -0.2) is 19.0 Å². The summed E-state index contributed by atoms with van der Waals surface area (Å²) in [6.07, 6.45) is 11.5. The molecule has 0 aliphatic heterocycles. The normalized spacial score (nSPS) is 16.1. The van der Waals surface area contributed by atoms with Crippen molar-refractivity contribution in [1.29, 1.82) is 0 Å². The molecule has 1 aromatic carbocycles. The second-order valence-electron chi connectivity index (χ2n) is 8.91. The maximum Gasteiger partial charge on any atom is 0.247 e. The molecule has 0 aromatic heterocycles. The van der Waals surface area contributed by atoms with Crippen LogP contribution in [0.4, 0.5) is 0 Å². The standard InChI is InChI=1S/C27H42N2O/c1-6-11-23-14-15-25(22(5)20-23)27(7-2,16-18-28-8-3)17-19-29-26(30)24-13-10-9-12-21(24)4/h8,14-15,20,28H,3,6-7,9-13,16-19H2,1-2,4-5H3,(H,29,30). The van der Waals surface area contributed by atoms with E-state index in [4.69, 9.17) is 0 Å². The van der Waals surface area contributed by atoms with Crippen LogP contribution in [0.3, 0.4) is 0 Å². The highest BCUT2D eigenvalue weighted by molar-refractivity contribution is 5.94. The molecule has 1 amide bonds. The molecule has 0 fully saturated rings. The number of hydrogen-bond donors (Lipinski definition) is 2. The lowest BCUT2D eigenvalue weighted by Crippen LogP contribution is -2.36. The van der Waals surface area contributed by atoms with Crippen LogP contribution in [0, 0.1) is 6.92 Å². The highest BCUT2D eigenvalue weighted by atomic mass is 16.1. The van der Waals surface area contributed by atoms with Crippen molar-refractivity contribution >= 4 is 5.91 Å². The lowest BCUT2D eigenvalue weighted by Gasteiger charge is -2.35. The summed E-state index contributed by atoms with van der Waals surface area (Å²) in [5.41, 5.74) is 6.57. The Bertz CT molecular complexity index is 749. The largest absolute Gasteiger partial charge is 0.391 e. The molecular formula is C27H42N2O. The molecule has 0 radical (unpaired) electrons. The molecule has 1 aromatic rings. The third kappa shape index (κ3) is 6.23. The molecule has 30 heavy (non-hydrogen) atoms. The summed E-state index contributed by atoms with van der Waals surface area (Å²) in [5.74, 6) is 0.149. The molecule has 1 aliphatic carbocycles. The van der Waals surface area contributed by atoms with Gasteiger partial charge in [0.1, 0.15) is 0 Å². The van der Waals surface area contributed by atoms with Gasteiger partial charge in [0.15, 0.2) is 0 Å². The monoisotopic (exact) mass is 410 g/mol. The van der Waals surface area contributed by atoms with Crippen molar-refractivity contribution in [3.8, 4) is 0 Å². The van der Waals surface area contributed by atoms with Crippen LogP contribution in [0.15, 0.2) is 42.1 Å². The highest BCUT2D eigenvalue weighted by Gasteiger charge is 2.31. The Kier molecular flexibility index (Phi) is 9.68. The number of hydrogen-bond acceptors (Lipinski definition) is 2. The SMILES string of the molecule is C=CNCCC(CC)(CCNC(=O)C1=C(C)CCCC1)c1ccc(CCC)cc1C. The number of carbonyl (C=O) groups excluding carboxylic acids is 1. The van der Waals surface area contributed by atoms with Gasteiger partial charge in [-0.05, 0) is 93.5 Å². The van der Waals surface area contributed by atoms with Crippen molar-refractivity contribution in [2.24, 2.45) is 0 Å². The zero-order valence-corrected chi connectivity index (χ0v) is 19.7. The predicted molar refractivity (Wildman–Crippen MR) is 129 cm³/mol. The third-order valence-electron chi connectivity index (χ3n) is 6.88. The molecule has 0 saturated carbocycles. The number of rotatable bonds is 12. The van der Waals surface area contributed by atoms with Crippen LogP contribution in [0.2, 0.25) is 0 Å².